The molecule has 1 atom stereocenters. The van der Waals surface area contributed by atoms with Crippen molar-refractivity contribution >= 4 is 0 Å². The van der Waals surface area contributed by atoms with E-state index in [1.807, 2.05) is 36.4 Å². The second-order valence-electron chi connectivity index (χ2n) is 6.28. The molecule has 5 nitrogen and oxygen atoms in total. The number of piperidine rings is 3. The minimum absolute atomic E-state index is 0.259. The van der Waals surface area contributed by atoms with E-state index in [-0.39, 0.29) is 6.10 Å². The molecular formula is C18H21N3O2. The molecule has 0 radical (unpaired) electrons. The van der Waals surface area contributed by atoms with Crippen molar-refractivity contribution < 1.29 is 9.47 Å². The highest BCUT2D eigenvalue weighted by Crippen LogP contribution is 2.30. The third-order valence-electron chi connectivity index (χ3n) is 4.87. The summed E-state index contributed by atoms with van der Waals surface area (Å²) in [6.07, 6.45) is 2.73. The number of fused-ring (bicyclic) bond motifs is 3. The smallest absolute Gasteiger partial charge is 0.233 e. The molecule has 5 rings (SSSR count). The Labute approximate surface area is 136 Å². The molecule has 1 aromatic heterocycles. The number of aromatic nitrogens is 2. The fraction of sp³-hybridized carbons (Fsp3) is 0.444. The lowest BCUT2D eigenvalue weighted by Gasteiger charge is -2.44. The summed E-state index contributed by atoms with van der Waals surface area (Å²) in [5.74, 6) is 2.10. The van der Waals surface area contributed by atoms with Gasteiger partial charge in [0.15, 0.2) is 0 Å². The van der Waals surface area contributed by atoms with Crippen LogP contribution in [0.2, 0.25) is 0 Å². The van der Waals surface area contributed by atoms with E-state index >= 15 is 0 Å². The molecule has 120 valence electrons. The Kier molecular flexibility index (Phi) is 3.87. The third kappa shape index (κ3) is 3.01. The van der Waals surface area contributed by atoms with Crippen LogP contribution in [0.5, 0.6) is 11.6 Å². The average molecular weight is 311 g/mol. The summed E-state index contributed by atoms with van der Waals surface area (Å²) < 4.78 is 11.3. The molecule has 2 aromatic rings. The Morgan fingerprint density at radius 2 is 1.96 bits per heavy atom. The molecule has 23 heavy (non-hydrogen) atoms. The van der Waals surface area contributed by atoms with Crippen LogP contribution in [0.4, 0.5) is 0 Å². The Hall–Kier alpha value is -2.14. The van der Waals surface area contributed by atoms with E-state index in [9.17, 15) is 0 Å². The maximum Gasteiger partial charge on any atom is 0.233 e. The monoisotopic (exact) mass is 311 g/mol. The Morgan fingerprint density at radius 1 is 1.09 bits per heavy atom. The molecule has 3 aliphatic rings. The van der Waals surface area contributed by atoms with Gasteiger partial charge < -0.3 is 9.47 Å². The predicted octanol–water partition coefficient (Wildman–Crippen LogP) is 2.63. The maximum atomic E-state index is 6.09. The third-order valence-corrected chi connectivity index (χ3v) is 4.87. The fourth-order valence-electron chi connectivity index (χ4n) is 3.52. The highest BCUT2D eigenvalue weighted by atomic mass is 16.5. The molecule has 5 heteroatoms. The van der Waals surface area contributed by atoms with Crippen molar-refractivity contribution in [3.63, 3.8) is 0 Å². The van der Waals surface area contributed by atoms with Crippen molar-refractivity contribution in [2.75, 3.05) is 26.7 Å². The molecule has 0 unspecified atom stereocenters. The maximum absolute atomic E-state index is 6.09. The summed E-state index contributed by atoms with van der Waals surface area (Å²) in [4.78, 5) is 2.47. The van der Waals surface area contributed by atoms with Gasteiger partial charge in [0.2, 0.25) is 5.88 Å². The number of hydrogen-bond donors (Lipinski definition) is 0. The Bertz CT molecular complexity index is 666. The number of nitrogens with zero attached hydrogens (tertiary/aromatic N) is 3. The molecular weight excluding hydrogens is 290 g/mol. The Balaban J connectivity index is 1.47. The van der Waals surface area contributed by atoms with Crippen LogP contribution in [-0.4, -0.2) is 47.9 Å². The van der Waals surface area contributed by atoms with Crippen LogP contribution in [0.15, 0.2) is 36.4 Å². The van der Waals surface area contributed by atoms with E-state index < -0.39 is 0 Å². The van der Waals surface area contributed by atoms with Crippen LogP contribution in [0.1, 0.15) is 12.8 Å². The Morgan fingerprint density at radius 3 is 2.61 bits per heavy atom. The first kappa shape index (κ1) is 14.5. The first-order valence-corrected chi connectivity index (χ1v) is 8.19. The molecule has 2 bridgehead atoms. The molecule has 0 saturated carbocycles. The first-order chi connectivity index (χ1) is 11.3. The van der Waals surface area contributed by atoms with Crippen molar-refractivity contribution in [3.8, 4) is 22.9 Å². The number of hydrogen-bond acceptors (Lipinski definition) is 5. The second-order valence-corrected chi connectivity index (χ2v) is 6.28. The quantitative estimate of drug-likeness (QED) is 0.868. The summed E-state index contributed by atoms with van der Waals surface area (Å²) in [7, 11) is 1.66. The van der Waals surface area contributed by atoms with Gasteiger partial charge in [0.25, 0.3) is 0 Å². The van der Waals surface area contributed by atoms with Gasteiger partial charge in [-0.3, -0.25) is 4.90 Å². The molecule has 0 spiro atoms. The van der Waals surface area contributed by atoms with Crippen LogP contribution >= 0.6 is 0 Å². The van der Waals surface area contributed by atoms with Gasteiger partial charge in [-0.1, -0.05) is 12.1 Å². The first-order valence-electron chi connectivity index (χ1n) is 8.19. The molecule has 0 N–H and O–H groups in total. The van der Waals surface area contributed by atoms with Crippen LogP contribution < -0.4 is 9.47 Å². The highest BCUT2D eigenvalue weighted by molar-refractivity contribution is 5.60. The minimum Gasteiger partial charge on any atom is -0.497 e. The molecule has 3 aliphatic heterocycles. The van der Waals surface area contributed by atoms with Crippen molar-refractivity contribution in [3.05, 3.63) is 36.4 Å². The van der Waals surface area contributed by atoms with Crippen LogP contribution in [0, 0.1) is 5.92 Å². The number of ether oxygens (including phenoxy) is 2. The van der Waals surface area contributed by atoms with Gasteiger partial charge in [-0.05, 0) is 50.0 Å². The number of benzene rings is 1. The zero-order chi connectivity index (χ0) is 15.6. The summed E-state index contributed by atoms with van der Waals surface area (Å²) in [6, 6.07) is 11.7. The fourth-order valence-corrected chi connectivity index (χ4v) is 3.52. The largest absolute Gasteiger partial charge is 0.497 e. The second kappa shape index (κ2) is 6.16. The van der Waals surface area contributed by atoms with Crippen LogP contribution in [-0.2, 0) is 0 Å². The van der Waals surface area contributed by atoms with Crippen molar-refractivity contribution in [1.82, 2.24) is 15.1 Å². The molecule has 4 heterocycles. The zero-order valence-corrected chi connectivity index (χ0v) is 13.3. The van der Waals surface area contributed by atoms with Gasteiger partial charge in [0, 0.05) is 18.2 Å². The standard InChI is InChI=1S/C18H21N3O2/c1-22-15-4-2-3-14(11-15)16-5-6-18(20-19-16)23-17-12-21-9-7-13(17)8-10-21/h2-6,11,13,17H,7-10,12H2,1H3/t17-/m0/s1. The van der Waals surface area contributed by atoms with Crippen molar-refractivity contribution in [2.45, 2.75) is 18.9 Å². The molecule has 1 aromatic carbocycles. The lowest BCUT2D eigenvalue weighted by Crippen LogP contribution is -2.52. The van der Waals surface area contributed by atoms with Crippen LogP contribution in [0.3, 0.4) is 0 Å². The van der Waals surface area contributed by atoms with Gasteiger partial charge >= 0.3 is 0 Å². The summed E-state index contributed by atoms with van der Waals surface area (Å²) in [5.41, 5.74) is 1.82. The van der Waals surface area contributed by atoms with Gasteiger partial charge in [0.1, 0.15) is 11.9 Å². The van der Waals surface area contributed by atoms with E-state index in [0.29, 0.717) is 11.8 Å². The summed E-state index contributed by atoms with van der Waals surface area (Å²) in [5, 5.41) is 8.56. The van der Waals surface area contributed by atoms with E-state index in [1.165, 1.54) is 25.9 Å². The number of rotatable bonds is 4. The minimum atomic E-state index is 0.259. The molecule has 0 aliphatic carbocycles. The lowest BCUT2D eigenvalue weighted by atomic mass is 9.86. The zero-order valence-electron chi connectivity index (χ0n) is 13.3. The molecule has 3 saturated heterocycles. The highest BCUT2D eigenvalue weighted by Gasteiger charge is 2.35. The van der Waals surface area contributed by atoms with Crippen LogP contribution in [0.25, 0.3) is 11.3 Å². The lowest BCUT2D eigenvalue weighted by molar-refractivity contribution is -0.0103. The van der Waals surface area contributed by atoms with Gasteiger partial charge in [-0.2, -0.15) is 0 Å². The predicted molar refractivity (Wildman–Crippen MR) is 87.6 cm³/mol. The van der Waals surface area contributed by atoms with Gasteiger partial charge in [-0.25, -0.2) is 0 Å². The van der Waals surface area contributed by atoms with E-state index in [4.69, 9.17) is 9.47 Å². The van der Waals surface area contributed by atoms with E-state index in [1.54, 1.807) is 7.11 Å². The topological polar surface area (TPSA) is 47.5 Å². The summed E-state index contributed by atoms with van der Waals surface area (Å²) >= 11 is 0. The van der Waals surface area contributed by atoms with Crippen molar-refractivity contribution in [2.24, 2.45) is 5.92 Å². The van der Waals surface area contributed by atoms with Gasteiger partial charge in [0.05, 0.1) is 12.8 Å². The number of methoxy groups -OCH3 is 1. The van der Waals surface area contributed by atoms with E-state index in [0.717, 1.165) is 23.6 Å². The van der Waals surface area contributed by atoms with E-state index in [2.05, 4.69) is 15.1 Å². The van der Waals surface area contributed by atoms with Gasteiger partial charge in [-0.15, -0.1) is 10.2 Å². The molecule has 0 amide bonds. The molecule has 3 fully saturated rings. The average Bonchev–Trinajstić information content (AvgIpc) is 2.63. The normalized spacial score (nSPS) is 26.0. The van der Waals surface area contributed by atoms with Crippen molar-refractivity contribution in [1.29, 1.82) is 0 Å². The SMILES string of the molecule is COc1cccc(-c2ccc(O[C@H]3CN4CCC3CC4)nn2)c1. The summed E-state index contributed by atoms with van der Waals surface area (Å²) in [6.45, 7) is 3.44.